The Labute approximate surface area is 113 Å². The van der Waals surface area contributed by atoms with Crippen LogP contribution in [0.25, 0.3) is 0 Å². The van der Waals surface area contributed by atoms with Gasteiger partial charge in [-0.1, -0.05) is 37.8 Å². The zero-order valence-corrected chi connectivity index (χ0v) is 11.7. The number of halogens is 1. The number of amides is 1. The van der Waals surface area contributed by atoms with E-state index >= 15 is 0 Å². The summed E-state index contributed by atoms with van der Waals surface area (Å²) in [5, 5.41) is 3.44. The Balaban J connectivity index is 2.11. The van der Waals surface area contributed by atoms with E-state index in [4.69, 9.17) is 11.6 Å². The highest BCUT2D eigenvalue weighted by atomic mass is 35.5. The quantitative estimate of drug-likeness (QED) is 0.824. The second-order valence-electron chi connectivity index (χ2n) is 5.34. The van der Waals surface area contributed by atoms with Crippen LogP contribution in [0, 0.1) is 12.3 Å². The highest BCUT2D eigenvalue weighted by molar-refractivity contribution is 6.29. The lowest BCUT2D eigenvalue weighted by molar-refractivity contribution is -0.126. The Morgan fingerprint density at radius 2 is 2.00 bits per heavy atom. The third-order valence-electron chi connectivity index (χ3n) is 3.81. The van der Waals surface area contributed by atoms with Gasteiger partial charge < -0.3 is 5.32 Å². The first-order valence-electron chi connectivity index (χ1n) is 6.46. The lowest BCUT2D eigenvalue weighted by Gasteiger charge is -2.32. The number of nitrogens with one attached hydrogen (secondary N) is 1. The summed E-state index contributed by atoms with van der Waals surface area (Å²) in [6, 6.07) is 3.52. The van der Waals surface area contributed by atoms with Gasteiger partial charge in [0.1, 0.15) is 5.15 Å². The molecule has 0 atom stereocenters. The lowest BCUT2D eigenvalue weighted by atomic mass is 9.75. The lowest BCUT2D eigenvalue weighted by Crippen LogP contribution is -2.35. The standard InChI is InChI=1S/C14H19ClN2O/c1-10-11(6-7-12(15)16-10)17-13(18)14(2)8-4-3-5-9-14/h6-7H,3-5,8-9H2,1-2H3,(H,17,18). The molecule has 1 amide bonds. The zero-order valence-electron chi connectivity index (χ0n) is 10.9. The van der Waals surface area contributed by atoms with Crippen LogP contribution in [-0.4, -0.2) is 10.9 Å². The summed E-state index contributed by atoms with van der Waals surface area (Å²) in [6.07, 6.45) is 5.46. The second-order valence-corrected chi connectivity index (χ2v) is 5.73. The SMILES string of the molecule is Cc1nc(Cl)ccc1NC(=O)C1(C)CCCCC1. The Morgan fingerprint density at radius 3 is 2.61 bits per heavy atom. The minimum absolute atomic E-state index is 0.106. The maximum atomic E-state index is 12.4. The van der Waals surface area contributed by atoms with E-state index in [1.807, 2.05) is 13.0 Å². The predicted molar refractivity (Wildman–Crippen MR) is 73.8 cm³/mol. The number of pyridine rings is 1. The first kappa shape index (κ1) is 13.3. The van der Waals surface area contributed by atoms with Crippen molar-refractivity contribution in [2.24, 2.45) is 5.41 Å². The van der Waals surface area contributed by atoms with Gasteiger partial charge in [-0.25, -0.2) is 4.98 Å². The van der Waals surface area contributed by atoms with E-state index in [9.17, 15) is 4.79 Å². The Hall–Kier alpha value is -1.09. The molecule has 98 valence electrons. The van der Waals surface area contributed by atoms with E-state index < -0.39 is 0 Å². The molecule has 1 saturated carbocycles. The number of carbonyl (C=O) groups excluding carboxylic acids is 1. The van der Waals surface area contributed by atoms with Crippen molar-refractivity contribution in [3.8, 4) is 0 Å². The normalized spacial score (nSPS) is 18.4. The molecule has 1 aliphatic carbocycles. The van der Waals surface area contributed by atoms with Gasteiger partial charge >= 0.3 is 0 Å². The summed E-state index contributed by atoms with van der Waals surface area (Å²) in [5.41, 5.74) is 1.29. The minimum atomic E-state index is -0.232. The van der Waals surface area contributed by atoms with Crippen molar-refractivity contribution >= 4 is 23.2 Å². The zero-order chi connectivity index (χ0) is 13.2. The molecule has 1 aromatic heterocycles. The van der Waals surface area contributed by atoms with Gasteiger partial charge in [0.25, 0.3) is 0 Å². The van der Waals surface area contributed by atoms with E-state index in [2.05, 4.69) is 17.2 Å². The summed E-state index contributed by atoms with van der Waals surface area (Å²) < 4.78 is 0. The van der Waals surface area contributed by atoms with Gasteiger partial charge in [-0.05, 0) is 31.9 Å². The van der Waals surface area contributed by atoms with E-state index in [-0.39, 0.29) is 11.3 Å². The molecule has 0 bridgehead atoms. The predicted octanol–water partition coefficient (Wildman–Crippen LogP) is 3.95. The van der Waals surface area contributed by atoms with Crippen LogP contribution in [0.4, 0.5) is 5.69 Å². The highest BCUT2D eigenvalue weighted by Gasteiger charge is 2.34. The van der Waals surface area contributed by atoms with Gasteiger partial charge in [-0.3, -0.25) is 4.79 Å². The van der Waals surface area contributed by atoms with E-state index in [1.165, 1.54) is 6.42 Å². The van der Waals surface area contributed by atoms with Crippen LogP contribution in [0.1, 0.15) is 44.7 Å². The molecular formula is C14H19ClN2O. The minimum Gasteiger partial charge on any atom is -0.324 e. The van der Waals surface area contributed by atoms with Crippen molar-refractivity contribution in [1.82, 2.24) is 4.98 Å². The van der Waals surface area contributed by atoms with Gasteiger partial charge in [0.2, 0.25) is 5.91 Å². The molecule has 2 rings (SSSR count). The molecule has 18 heavy (non-hydrogen) atoms. The number of aryl methyl sites for hydroxylation is 1. The fourth-order valence-electron chi connectivity index (χ4n) is 2.49. The number of hydrogen-bond donors (Lipinski definition) is 1. The summed E-state index contributed by atoms with van der Waals surface area (Å²) in [7, 11) is 0. The Kier molecular flexibility index (Phi) is 3.91. The molecule has 3 nitrogen and oxygen atoms in total. The average Bonchev–Trinajstić information content (AvgIpc) is 2.33. The highest BCUT2D eigenvalue weighted by Crippen LogP contribution is 2.36. The third-order valence-corrected chi connectivity index (χ3v) is 4.02. The summed E-state index contributed by atoms with van der Waals surface area (Å²) >= 11 is 5.81. The van der Waals surface area contributed by atoms with E-state index in [1.54, 1.807) is 6.07 Å². The van der Waals surface area contributed by atoms with E-state index in [0.29, 0.717) is 5.15 Å². The number of carbonyl (C=O) groups is 1. The first-order chi connectivity index (χ1) is 8.51. The van der Waals surface area contributed by atoms with Gasteiger partial charge in [-0.2, -0.15) is 0 Å². The van der Waals surface area contributed by atoms with Gasteiger partial charge in [0.05, 0.1) is 11.4 Å². The number of aromatic nitrogens is 1. The number of anilines is 1. The molecule has 0 saturated heterocycles. The molecule has 1 heterocycles. The van der Waals surface area contributed by atoms with Crippen molar-refractivity contribution in [1.29, 1.82) is 0 Å². The van der Waals surface area contributed by atoms with Crippen LogP contribution in [0.15, 0.2) is 12.1 Å². The van der Waals surface area contributed by atoms with Crippen molar-refractivity contribution in [3.05, 3.63) is 23.0 Å². The molecule has 1 aromatic rings. The fraction of sp³-hybridized carbons (Fsp3) is 0.571. The van der Waals surface area contributed by atoms with Crippen LogP contribution in [-0.2, 0) is 4.79 Å². The maximum Gasteiger partial charge on any atom is 0.230 e. The van der Waals surface area contributed by atoms with Crippen LogP contribution in [0.2, 0.25) is 5.15 Å². The largest absolute Gasteiger partial charge is 0.324 e. The molecule has 0 spiro atoms. The molecule has 1 N–H and O–H groups in total. The summed E-state index contributed by atoms with van der Waals surface area (Å²) in [5.74, 6) is 0.106. The van der Waals surface area contributed by atoms with Crippen LogP contribution in [0.5, 0.6) is 0 Å². The summed E-state index contributed by atoms with van der Waals surface area (Å²) in [6.45, 7) is 3.91. The maximum absolute atomic E-state index is 12.4. The summed E-state index contributed by atoms with van der Waals surface area (Å²) in [4.78, 5) is 16.5. The van der Waals surface area contributed by atoms with Gasteiger partial charge in [-0.15, -0.1) is 0 Å². The molecule has 1 fully saturated rings. The Bertz CT molecular complexity index is 453. The van der Waals surface area contributed by atoms with Crippen molar-refractivity contribution in [2.75, 3.05) is 5.32 Å². The number of hydrogen-bond acceptors (Lipinski definition) is 2. The van der Waals surface area contributed by atoms with Gasteiger partial charge in [0.15, 0.2) is 0 Å². The van der Waals surface area contributed by atoms with Crippen LogP contribution < -0.4 is 5.32 Å². The number of rotatable bonds is 2. The second kappa shape index (κ2) is 5.27. The van der Waals surface area contributed by atoms with Crippen molar-refractivity contribution < 1.29 is 4.79 Å². The van der Waals surface area contributed by atoms with Crippen LogP contribution in [0.3, 0.4) is 0 Å². The monoisotopic (exact) mass is 266 g/mol. The van der Waals surface area contributed by atoms with Crippen molar-refractivity contribution in [2.45, 2.75) is 46.0 Å². The Morgan fingerprint density at radius 1 is 1.33 bits per heavy atom. The molecule has 0 aromatic carbocycles. The average molecular weight is 267 g/mol. The molecule has 0 aliphatic heterocycles. The van der Waals surface area contributed by atoms with E-state index in [0.717, 1.165) is 37.1 Å². The number of nitrogens with zero attached hydrogens (tertiary/aromatic N) is 1. The topological polar surface area (TPSA) is 42.0 Å². The van der Waals surface area contributed by atoms with Gasteiger partial charge in [0, 0.05) is 5.41 Å². The van der Waals surface area contributed by atoms with Crippen LogP contribution >= 0.6 is 11.6 Å². The fourth-order valence-corrected chi connectivity index (χ4v) is 2.68. The molecular weight excluding hydrogens is 248 g/mol. The smallest absolute Gasteiger partial charge is 0.230 e. The molecule has 0 unspecified atom stereocenters. The first-order valence-corrected chi connectivity index (χ1v) is 6.84. The molecule has 0 radical (unpaired) electrons. The molecule has 4 heteroatoms. The third kappa shape index (κ3) is 2.83. The molecule has 1 aliphatic rings. The van der Waals surface area contributed by atoms with Crippen molar-refractivity contribution in [3.63, 3.8) is 0 Å².